The van der Waals surface area contributed by atoms with Crippen molar-refractivity contribution in [1.82, 2.24) is 4.90 Å². The first-order valence-corrected chi connectivity index (χ1v) is 5.03. The van der Waals surface area contributed by atoms with Crippen LogP contribution >= 0.6 is 11.8 Å². The van der Waals surface area contributed by atoms with Crippen molar-refractivity contribution in [3.05, 3.63) is 0 Å². The molecule has 78 valence electrons. The van der Waals surface area contributed by atoms with Gasteiger partial charge in [0.05, 0.1) is 11.2 Å². The zero-order valence-electron chi connectivity index (χ0n) is 7.94. The molecule has 0 radical (unpaired) electrons. The molecule has 2 amide bonds. The summed E-state index contributed by atoms with van der Waals surface area (Å²) in [4.78, 5) is 34.1. The highest BCUT2D eigenvalue weighted by molar-refractivity contribution is 8.14. The molecule has 1 fully saturated rings. The number of thioether (sulfide) groups is 1. The summed E-state index contributed by atoms with van der Waals surface area (Å²) in [5.74, 6) is -1.21. The van der Waals surface area contributed by atoms with E-state index in [-0.39, 0.29) is 23.4 Å². The molecule has 0 aromatic rings. The summed E-state index contributed by atoms with van der Waals surface area (Å²) in [6.45, 7) is 2.91. The minimum Gasteiger partial charge on any atom is -0.481 e. The molecule has 0 saturated carbocycles. The molecule has 0 aromatic heterocycles. The Kier molecular flexibility index (Phi) is 2.84. The quantitative estimate of drug-likeness (QED) is 0.756. The number of carbonyl (C=O) groups is 3. The van der Waals surface area contributed by atoms with Crippen LogP contribution in [0.4, 0.5) is 4.79 Å². The Balaban J connectivity index is 2.73. The van der Waals surface area contributed by atoms with Crippen molar-refractivity contribution >= 4 is 28.9 Å². The van der Waals surface area contributed by atoms with Crippen LogP contribution in [0, 0.1) is 5.41 Å². The second kappa shape index (κ2) is 3.61. The fraction of sp³-hybridized carbons (Fsp3) is 0.625. The minimum atomic E-state index is -1.09. The van der Waals surface area contributed by atoms with Crippen molar-refractivity contribution in [2.24, 2.45) is 5.41 Å². The first kappa shape index (κ1) is 11.0. The summed E-state index contributed by atoms with van der Waals surface area (Å²) in [6, 6.07) is 0. The summed E-state index contributed by atoms with van der Waals surface area (Å²) < 4.78 is 0. The fourth-order valence-corrected chi connectivity index (χ4v) is 1.72. The molecule has 0 aromatic carbocycles. The van der Waals surface area contributed by atoms with Gasteiger partial charge in [0.1, 0.15) is 0 Å². The lowest BCUT2D eigenvalue weighted by atomic mass is 9.93. The Morgan fingerprint density at radius 3 is 2.50 bits per heavy atom. The molecule has 0 unspecified atom stereocenters. The van der Waals surface area contributed by atoms with E-state index in [1.54, 1.807) is 0 Å². The van der Waals surface area contributed by atoms with Crippen LogP contribution in [0.3, 0.4) is 0 Å². The van der Waals surface area contributed by atoms with Crippen LogP contribution in [0.1, 0.15) is 13.8 Å². The van der Waals surface area contributed by atoms with Gasteiger partial charge >= 0.3 is 5.97 Å². The summed E-state index contributed by atoms with van der Waals surface area (Å²) in [5.41, 5.74) is -1.09. The molecule has 1 saturated heterocycles. The van der Waals surface area contributed by atoms with Crippen LogP contribution in [0.15, 0.2) is 0 Å². The van der Waals surface area contributed by atoms with Crippen LogP contribution in [0.25, 0.3) is 0 Å². The van der Waals surface area contributed by atoms with E-state index in [1.807, 2.05) is 0 Å². The molecule has 0 atom stereocenters. The van der Waals surface area contributed by atoms with E-state index in [0.29, 0.717) is 0 Å². The van der Waals surface area contributed by atoms with Crippen LogP contribution in [0.5, 0.6) is 0 Å². The SMILES string of the molecule is CC(C)(CN1C(=O)CSC1=O)C(=O)O. The third kappa shape index (κ3) is 2.06. The Bertz CT molecular complexity index is 284. The number of carbonyl (C=O) groups excluding carboxylic acids is 2. The standard InChI is InChI=1S/C8H11NO4S/c1-8(2,6(11)12)4-9-5(10)3-14-7(9)13/h3-4H2,1-2H3,(H,11,12). The molecule has 5 nitrogen and oxygen atoms in total. The number of rotatable bonds is 3. The Morgan fingerprint density at radius 1 is 1.57 bits per heavy atom. The first-order valence-electron chi connectivity index (χ1n) is 4.05. The van der Waals surface area contributed by atoms with Crippen LogP contribution in [0.2, 0.25) is 0 Å². The van der Waals surface area contributed by atoms with Crippen LogP contribution in [-0.4, -0.2) is 39.4 Å². The fourth-order valence-electron chi connectivity index (χ4n) is 0.997. The van der Waals surface area contributed by atoms with Gasteiger partial charge in [-0.05, 0) is 13.8 Å². The molecule has 0 aliphatic carbocycles. The van der Waals surface area contributed by atoms with E-state index in [4.69, 9.17) is 5.11 Å². The topological polar surface area (TPSA) is 74.7 Å². The maximum absolute atomic E-state index is 11.2. The number of nitrogens with zero attached hydrogens (tertiary/aromatic N) is 1. The van der Waals surface area contributed by atoms with Gasteiger partial charge in [0, 0.05) is 6.54 Å². The zero-order chi connectivity index (χ0) is 10.9. The van der Waals surface area contributed by atoms with Gasteiger partial charge in [-0.25, -0.2) is 0 Å². The maximum atomic E-state index is 11.2. The van der Waals surface area contributed by atoms with Gasteiger partial charge in [-0.1, -0.05) is 11.8 Å². The highest BCUT2D eigenvalue weighted by atomic mass is 32.2. The number of hydrogen-bond acceptors (Lipinski definition) is 4. The molecule has 1 aliphatic rings. The van der Waals surface area contributed by atoms with Crippen molar-refractivity contribution in [1.29, 1.82) is 0 Å². The normalized spacial score (nSPS) is 17.7. The summed E-state index contributed by atoms with van der Waals surface area (Å²) in [6.07, 6.45) is 0. The number of aliphatic carboxylic acids is 1. The monoisotopic (exact) mass is 217 g/mol. The van der Waals surface area contributed by atoms with Crippen LogP contribution < -0.4 is 0 Å². The average Bonchev–Trinajstić information content (AvgIpc) is 2.35. The molecular formula is C8H11NO4S. The molecule has 6 heteroatoms. The molecular weight excluding hydrogens is 206 g/mol. The van der Waals surface area contributed by atoms with Crippen molar-refractivity contribution in [3.8, 4) is 0 Å². The molecule has 1 rings (SSSR count). The van der Waals surface area contributed by atoms with Crippen molar-refractivity contribution in [3.63, 3.8) is 0 Å². The van der Waals surface area contributed by atoms with Gasteiger partial charge in [-0.15, -0.1) is 0 Å². The Labute approximate surface area is 85.4 Å². The third-order valence-electron chi connectivity index (χ3n) is 1.97. The summed E-state index contributed by atoms with van der Waals surface area (Å²) in [5, 5.41) is 8.46. The molecule has 1 aliphatic heterocycles. The smallest absolute Gasteiger partial charge is 0.310 e. The van der Waals surface area contributed by atoms with E-state index in [1.165, 1.54) is 13.8 Å². The molecule has 0 spiro atoms. The van der Waals surface area contributed by atoms with E-state index in [0.717, 1.165) is 16.7 Å². The average molecular weight is 217 g/mol. The highest BCUT2D eigenvalue weighted by Gasteiger charge is 2.38. The summed E-state index contributed by atoms with van der Waals surface area (Å²) in [7, 11) is 0. The van der Waals surface area contributed by atoms with E-state index >= 15 is 0 Å². The Morgan fingerprint density at radius 2 is 2.14 bits per heavy atom. The van der Waals surface area contributed by atoms with E-state index in [2.05, 4.69) is 0 Å². The highest BCUT2D eigenvalue weighted by Crippen LogP contribution is 2.25. The predicted molar refractivity (Wildman–Crippen MR) is 51.0 cm³/mol. The first-order chi connectivity index (χ1) is 6.34. The van der Waals surface area contributed by atoms with Gasteiger partial charge in [-0.2, -0.15) is 0 Å². The lowest BCUT2D eigenvalue weighted by molar-refractivity contribution is -0.148. The van der Waals surface area contributed by atoms with Gasteiger partial charge in [0.2, 0.25) is 5.91 Å². The van der Waals surface area contributed by atoms with Crippen LogP contribution in [-0.2, 0) is 9.59 Å². The minimum absolute atomic E-state index is 0.0625. The lowest BCUT2D eigenvalue weighted by Crippen LogP contribution is -2.41. The number of carboxylic acid groups (broad SMARTS) is 1. The number of carboxylic acids is 1. The Hall–Kier alpha value is -1.04. The van der Waals surface area contributed by atoms with Gasteiger partial charge < -0.3 is 5.11 Å². The second-order valence-corrected chi connectivity index (χ2v) is 4.65. The van der Waals surface area contributed by atoms with Gasteiger partial charge in [0.15, 0.2) is 0 Å². The predicted octanol–water partition coefficient (Wildman–Crippen LogP) is 0.793. The number of hydrogen-bond donors (Lipinski definition) is 1. The lowest BCUT2D eigenvalue weighted by Gasteiger charge is -2.24. The van der Waals surface area contributed by atoms with Crippen molar-refractivity contribution in [2.75, 3.05) is 12.3 Å². The maximum Gasteiger partial charge on any atom is 0.310 e. The van der Waals surface area contributed by atoms with Crippen molar-refractivity contribution < 1.29 is 19.5 Å². The van der Waals surface area contributed by atoms with E-state index < -0.39 is 11.4 Å². The third-order valence-corrected chi connectivity index (χ3v) is 2.83. The van der Waals surface area contributed by atoms with E-state index in [9.17, 15) is 14.4 Å². The largest absolute Gasteiger partial charge is 0.481 e. The van der Waals surface area contributed by atoms with Crippen molar-refractivity contribution in [2.45, 2.75) is 13.8 Å². The zero-order valence-corrected chi connectivity index (χ0v) is 8.76. The number of amides is 2. The van der Waals surface area contributed by atoms with Gasteiger partial charge in [-0.3, -0.25) is 19.3 Å². The molecule has 1 heterocycles. The molecule has 14 heavy (non-hydrogen) atoms. The number of imide groups is 1. The van der Waals surface area contributed by atoms with Gasteiger partial charge in [0.25, 0.3) is 5.24 Å². The summed E-state index contributed by atoms with van der Waals surface area (Å²) >= 11 is 0.910. The molecule has 0 bridgehead atoms. The second-order valence-electron chi connectivity index (χ2n) is 3.72. The molecule has 1 N–H and O–H groups in total.